The Morgan fingerprint density at radius 2 is 2.00 bits per heavy atom. The highest BCUT2D eigenvalue weighted by atomic mass is 19.1. The quantitative estimate of drug-likeness (QED) is 0.571. The van der Waals surface area contributed by atoms with Crippen molar-refractivity contribution in [3.05, 3.63) is 42.2 Å². The third-order valence-corrected chi connectivity index (χ3v) is 6.42. The second-order valence-corrected chi connectivity index (χ2v) is 8.51. The number of hydrogen-bond donors (Lipinski definition) is 2. The van der Waals surface area contributed by atoms with Gasteiger partial charge in [0, 0.05) is 45.4 Å². The third-order valence-electron chi connectivity index (χ3n) is 6.42. The predicted molar refractivity (Wildman–Crippen MR) is 122 cm³/mol. The minimum atomic E-state index is -0.592. The van der Waals surface area contributed by atoms with Crippen molar-refractivity contribution < 1.29 is 18.7 Å². The second-order valence-electron chi connectivity index (χ2n) is 8.51. The Balaban J connectivity index is 1.28. The van der Waals surface area contributed by atoms with Crippen LogP contribution in [0.3, 0.4) is 0 Å². The molecule has 2 aliphatic rings. The maximum Gasteiger partial charge on any atom is 0.263 e. The molecule has 2 amide bonds. The van der Waals surface area contributed by atoms with E-state index in [9.17, 15) is 14.0 Å². The Labute approximate surface area is 194 Å². The molecule has 5 heterocycles. The van der Waals surface area contributed by atoms with Gasteiger partial charge in [-0.05, 0) is 18.9 Å². The van der Waals surface area contributed by atoms with E-state index < -0.39 is 11.7 Å². The third kappa shape index (κ3) is 4.00. The first-order valence-corrected chi connectivity index (χ1v) is 11.1. The minimum Gasteiger partial charge on any atom is -0.381 e. The van der Waals surface area contributed by atoms with Gasteiger partial charge in [-0.2, -0.15) is 0 Å². The summed E-state index contributed by atoms with van der Waals surface area (Å²) in [5.41, 5.74) is 7.43. The van der Waals surface area contributed by atoms with E-state index in [2.05, 4.69) is 25.3 Å². The fourth-order valence-corrected chi connectivity index (χ4v) is 4.48. The lowest BCUT2D eigenvalue weighted by Crippen LogP contribution is -2.56. The first kappa shape index (κ1) is 22.0. The molecule has 2 fully saturated rings. The molecule has 3 aromatic heterocycles. The van der Waals surface area contributed by atoms with Crippen molar-refractivity contribution in [2.75, 3.05) is 49.2 Å². The number of piperidine rings is 1. The number of methoxy groups -OCH3 is 1. The van der Waals surface area contributed by atoms with Gasteiger partial charge in [0.15, 0.2) is 17.3 Å². The van der Waals surface area contributed by atoms with Gasteiger partial charge in [-0.1, -0.05) is 0 Å². The number of anilines is 3. The van der Waals surface area contributed by atoms with E-state index >= 15 is 0 Å². The van der Waals surface area contributed by atoms with E-state index in [4.69, 9.17) is 10.5 Å². The van der Waals surface area contributed by atoms with Gasteiger partial charge in [-0.15, -0.1) is 5.10 Å². The summed E-state index contributed by atoms with van der Waals surface area (Å²) in [4.78, 5) is 37.9. The van der Waals surface area contributed by atoms with Crippen LogP contribution in [0.4, 0.5) is 21.6 Å². The summed E-state index contributed by atoms with van der Waals surface area (Å²) in [5.74, 6) is -0.993. The number of likely N-dealkylation sites (tertiary alicyclic amines) is 1. The minimum absolute atomic E-state index is 0.0148. The van der Waals surface area contributed by atoms with Crippen LogP contribution in [0.5, 0.6) is 0 Å². The zero-order valence-corrected chi connectivity index (χ0v) is 18.6. The molecule has 34 heavy (non-hydrogen) atoms. The number of carbonyl (C=O) groups is 2. The number of ether oxygens (including phenoxy) is 1. The lowest BCUT2D eigenvalue weighted by Gasteiger charge is -2.42. The molecular formula is C22H25FN8O3. The van der Waals surface area contributed by atoms with Gasteiger partial charge in [-0.3, -0.25) is 14.6 Å². The Morgan fingerprint density at radius 3 is 2.74 bits per heavy atom. The number of nitrogen functional groups attached to an aromatic ring is 1. The molecule has 0 atom stereocenters. The van der Waals surface area contributed by atoms with E-state index in [-0.39, 0.29) is 35.0 Å². The van der Waals surface area contributed by atoms with Gasteiger partial charge < -0.3 is 25.6 Å². The highest BCUT2D eigenvalue weighted by molar-refractivity contribution is 6.12. The van der Waals surface area contributed by atoms with Crippen molar-refractivity contribution in [3.8, 4) is 0 Å². The van der Waals surface area contributed by atoms with Crippen molar-refractivity contribution >= 4 is 34.7 Å². The summed E-state index contributed by atoms with van der Waals surface area (Å²) < 4.78 is 19.9. The van der Waals surface area contributed by atoms with E-state index in [1.54, 1.807) is 19.5 Å². The summed E-state index contributed by atoms with van der Waals surface area (Å²) in [5, 5.41) is 6.81. The van der Waals surface area contributed by atoms with Crippen molar-refractivity contribution in [2.45, 2.75) is 18.9 Å². The number of nitrogens with zero attached hydrogens (tertiary/aromatic N) is 6. The molecule has 12 heteroatoms. The molecule has 0 aromatic carbocycles. The Hall–Kier alpha value is -3.80. The van der Waals surface area contributed by atoms with Crippen molar-refractivity contribution in [3.63, 3.8) is 0 Å². The molecule has 3 aromatic rings. The monoisotopic (exact) mass is 468 g/mol. The van der Waals surface area contributed by atoms with Crippen LogP contribution in [0, 0.1) is 11.7 Å². The SMILES string of the molecule is COC1CN(C(=O)C2CCN(c3ccncc3NC(=O)c3c(N)nn4cc(F)cnc34)CC2)C1. The van der Waals surface area contributed by atoms with Crippen molar-refractivity contribution in [1.29, 1.82) is 0 Å². The number of hydrogen-bond acceptors (Lipinski definition) is 8. The topological polar surface area (TPSA) is 131 Å². The summed E-state index contributed by atoms with van der Waals surface area (Å²) in [7, 11) is 1.66. The average Bonchev–Trinajstić information content (AvgIpc) is 3.13. The Kier molecular flexibility index (Phi) is 5.74. The van der Waals surface area contributed by atoms with Crippen LogP contribution >= 0.6 is 0 Å². The molecule has 0 radical (unpaired) electrons. The van der Waals surface area contributed by atoms with Crippen molar-refractivity contribution in [1.82, 2.24) is 24.5 Å². The van der Waals surface area contributed by atoms with Gasteiger partial charge >= 0.3 is 0 Å². The summed E-state index contributed by atoms with van der Waals surface area (Å²) in [6, 6.07) is 1.82. The number of carbonyl (C=O) groups excluding carboxylic acids is 2. The molecule has 178 valence electrons. The number of amides is 2. The summed E-state index contributed by atoms with van der Waals surface area (Å²) in [6.45, 7) is 2.66. The molecule has 5 rings (SSSR count). The van der Waals surface area contributed by atoms with Gasteiger partial charge in [-0.25, -0.2) is 13.9 Å². The Morgan fingerprint density at radius 1 is 1.24 bits per heavy atom. The smallest absolute Gasteiger partial charge is 0.263 e. The molecule has 0 spiro atoms. The molecule has 3 N–H and O–H groups in total. The molecule has 0 aliphatic carbocycles. The lowest BCUT2D eigenvalue weighted by atomic mass is 9.93. The zero-order valence-electron chi connectivity index (χ0n) is 18.6. The number of rotatable bonds is 5. The number of pyridine rings is 1. The fraction of sp³-hybridized carbons (Fsp3) is 0.409. The van der Waals surface area contributed by atoms with Gasteiger partial charge in [0.2, 0.25) is 5.91 Å². The molecule has 2 aliphatic heterocycles. The average molecular weight is 468 g/mol. The maximum absolute atomic E-state index is 13.5. The van der Waals surface area contributed by atoms with E-state index in [1.807, 2.05) is 11.0 Å². The fourth-order valence-electron chi connectivity index (χ4n) is 4.48. The van der Waals surface area contributed by atoms with Crippen LogP contribution in [0.1, 0.15) is 23.2 Å². The first-order valence-electron chi connectivity index (χ1n) is 11.1. The van der Waals surface area contributed by atoms with Crippen LogP contribution in [-0.2, 0) is 9.53 Å². The standard InChI is InChI=1S/C22H25FN8O3/c1-34-15-11-30(12-15)22(33)13-3-6-29(7-4-13)17-2-5-25-9-16(17)27-21(32)18-19(24)28-31-10-14(23)8-26-20(18)31/h2,5,8-10,13,15H,3-4,6-7,11-12H2,1H3,(H2,24,28)(H,27,32). The second kappa shape index (κ2) is 8.86. The lowest BCUT2D eigenvalue weighted by molar-refractivity contribution is -0.148. The predicted octanol–water partition coefficient (Wildman–Crippen LogP) is 1.17. The zero-order chi connectivity index (χ0) is 23.8. The first-order chi connectivity index (χ1) is 16.4. The maximum atomic E-state index is 13.5. The molecule has 0 bridgehead atoms. The normalized spacial score (nSPS) is 17.1. The molecule has 11 nitrogen and oxygen atoms in total. The van der Waals surface area contributed by atoms with Gasteiger partial charge in [0.05, 0.1) is 36.1 Å². The van der Waals surface area contributed by atoms with Crippen LogP contribution in [-0.4, -0.2) is 75.7 Å². The number of fused-ring (bicyclic) bond motifs is 1. The number of nitrogens with one attached hydrogen (secondary N) is 1. The highest BCUT2D eigenvalue weighted by Crippen LogP contribution is 2.31. The number of halogens is 1. The molecule has 0 unspecified atom stereocenters. The number of nitrogens with two attached hydrogens (primary N) is 1. The van der Waals surface area contributed by atoms with Crippen LogP contribution < -0.4 is 16.0 Å². The summed E-state index contributed by atoms with van der Waals surface area (Å²) >= 11 is 0. The van der Waals surface area contributed by atoms with Crippen LogP contribution in [0.25, 0.3) is 5.65 Å². The molecule has 2 saturated heterocycles. The van der Waals surface area contributed by atoms with Crippen LogP contribution in [0.15, 0.2) is 30.9 Å². The summed E-state index contributed by atoms with van der Waals surface area (Å²) in [6.07, 6.45) is 6.91. The molecular weight excluding hydrogens is 443 g/mol. The molecule has 0 saturated carbocycles. The Bertz CT molecular complexity index is 1230. The van der Waals surface area contributed by atoms with Crippen molar-refractivity contribution in [2.24, 2.45) is 5.92 Å². The van der Waals surface area contributed by atoms with E-state index in [1.165, 1.54) is 0 Å². The van der Waals surface area contributed by atoms with Gasteiger partial charge in [0.25, 0.3) is 5.91 Å². The number of aromatic nitrogens is 4. The van der Waals surface area contributed by atoms with E-state index in [0.29, 0.717) is 31.9 Å². The van der Waals surface area contributed by atoms with Gasteiger partial charge in [0.1, 0.15) is 5.56 Å². The van der Waals surface area contributed by atoms with E-state index in [0.717, 1.165) is 35.4 Å². The van der Waals surface area contributed by atoms with Crippen LogP contribution in [0.2, 0.25) is 0 Å². The largest absolute Gasteiger partial charge is 0.381 e. The highest BCUT2D eigenvalue weighted by Gasteiger charge is 2.36.